The summed E-state index contributed by atoms with van der Waals surface area (Å²) in [5.41, 5.74) is 5.23. The molecule has 0 radical (unpaired) electrons. The fourth-order valence-electron chi connectivity index (χ4n) is 2.34. The van der Waals surface area contributed by atoms with Gasteiger partial charge in [-0.15, -0.1) is 0 Å². The van der Waals surface area contributed by atoms with Gasteiger partial charge in [-0.2, -0.15) is 0 Å². The van der Waals surface area contributed by atoms with Gasteiger partial charge in [0.25, 0.3) is 0 Å². The summed E-state index contributed by atoms with van der Waals surface area (Å²) in [5.74, 6) is 0. The van der Waals surface area contributed by atoms with Crippen molar-refractivity contribution in [2.24, 2.45) is 0 Å². The van der Waals surface area contributed by atoms with Crippen LogP contribution in [0.25, 0.3) is 0 Å². The highest BCUT2D eigenvalue weighted by Gasteiger charge is 2.07. The molecule has 0 fully saturated rings. The molecule has 0 aliphatic rings. The molecule has 1 N–H and O–H groups in total. The van der Waals surface area contributed by atoms with E-state index in [1.54, 1.807) is 0 Å². The van der Waals surface area contributed by atoms with Gasteiger partial charge in [-0.1, -0.05) is 53.6 Å². The number of rotatable bonds is 5. The molecule has 0 saturated carbocycles. The topological polar surface area (TPSA) is 12.0 Å². The third kappa shape index (κ3) is 4.09. The summed E-state index contributed by atoms with van der Waals surface area (Å²) in [6, 6.07) is 15.1. The lowest BCUT2D eigenvalue weighted by molar-refractivity contribution is 0.544. The lowest BCUT2D eigenvalue weighted by atomic mass is 10.0. The average Bonchev–Trinajstić information content (AvgIpc) is 2.42. The highest BCUT2D eigenvalue weighted by molar-refractivity contribution is 6.31. The van der Waals surface area contributed by atoms with Gasteiger partial charge in [0.15, 0.2) is 0 Å². The van der Waals surface area contributed by atoms with E-state index >= 15 is 0 Å². The summed E-state index contributed by atoms with van der Waals surface area (Å²) in [6.45, 7) is 7.40. The van der Waals surface area contributed by atoms with Crippen molar-refractivity contribution in [2.45, 2.75) is 39.8 Å². The van der Waals surface area contributed by atoms with Gasteiger partial charge in [0.2, 0.25) is 0 Å². The van der Waals surface area contributed by atoms with Crippen molar-refractivity contribution in [1.82, 2.24) is 5.32 Å². The Morgan fingerprint density at radius 2 is 1.80 bits per heavy atom. The van der Waals surface area contributed by atoms with Gasteiger partial charge in [0, 0.05) is 17.6 Å². The third-order valence-electron chi connectivity index (χ3n) is 3.63. The molecule has 1 unspecified atom stereocenters. The Morgan fingerprint density at radius 1 is 1.05 bits per heavy atom. The molecule has 0 heterocycles. The summed E-state index contributed by atoms with van der Waals surface area (Å²) in [4.78, 5) is 0. The van der Waals surface area contributed by atoms with E-state index in [4.69, 9.17) is 11.6 Å². The number of halogens is 1. The van der Waals surface area contributed by atoms with Gasteiger partial charge < -0.3 is 5.32 Å². The highest BCUT2D eigenvalue weighted by atomic mass is 35.5. The maximum Gasteiger partial charge on any atom is 0.0438 e. The van der Waals surface area contributed by atoms with Gasteiger partial charge >= 0.3 is 0 Å². The Morgan fingerprint density at radius 3 is 2.55 bits per heavy atom. The molecule has 2 aromatic rings. The van der Waals surface area contributed by atoms with E-state index < -0.39 is 0 Å². The molecular formula is C18H22ClN. The van der Waals surface area contributed by atoms with Crippen LogP contribution in [0.15, 0.2) is 42.5 Å². The molecule has 0 aromatic heterocycles. The Bertz CT molecular complexity index is 577. The first-order chi connectivity index (χ1) is 9.56. The SMILES string of the molecule is Cc1ccc(C)c(CNC(C)Cc2ccccc2Cl)c1. The van der Waals surface area contributed by atoms with Crippen LogP contribution in [0.5, 0.6) is 0 Å². The van der Waals surface area contributed by atoms with Crippen LogP contribution >= 0.6 is 11.6 Å². The monoisotopic (exact) mass is 287 g/mol. The quantitative estimate of drug-likeness (QED) is 0.842. The van der Waals surface area contributed by atoms with Crippen LogP contribution in [0.3, 0.4) is 0 Å². The van der Waals surface area contributed by atoms with Crippen LogP contribution in [-0.2, 0) is 13.0 Å². The number of hydrogen-bond acceptors (Lipinski definition) is 1. The van der Waals surface area contributed by atoms with E-state index in [9.17, 15) is 0 Å². The second-order valence-electron chi connectivity index (χ2n) is 5.51. The molecular weight excluding hydrogens is 266 g/mol. The summed E-state index contributed by atoms with van der Waals surface area (Å²) in [5, 5.41) is 4.44. The van der Waals surface area contributed by atoms with E-state index in [2.05, 4.69) is 50.4 Å². The van der Waals surface area contributed by atoms with E-state index in [0.717, 1.165) is 18.0 Å². The molecule has 2 aromatic carbocycles. The normalized spacial score (nSPS) is 12.4. The standard InChI is InChI=1S/C18H22ClN/c1-13-8-9-14(2)17(10-13)12-20-15(3)11-16-6-4-5-7-18(16)19/h4-10,15,20H,11-12H2,1-3H3. The van der Waals surface area contributed by atoms with Crippen molar-refractivity contribution in [3.05, 3.63) is 69.7 Å². The lowest BCUT2D eigenvalue weighted by Gasteiger charge is -2.16. The van der Waals surface area contributed by atoms with E-state index in [-0.39, 0.29) is 0 Å². The zero-order valence-corrected chi connectivity index (χ0v) is 13.2. The molecule has 0 aliphatic heterocycles. The van der Waals surface area contributed by atoms with Gasteiger partial charge in [0.1, 0.15) is 0 Å². The zero-order valence-electron chi connectivity index (χ0n) is 12.4. The molecule has 2 rings (SSSR count). The number of hydrogen-bond donors (Lipinski definition) is 1. The fraction of sp³-hybridized carbons (Fsp3) is 0.333. The zero-order chi connectivity index (χ0) is 14.5. The molecule has 0 aliphatic carbocycles. The van der Waals surface area contributed by atoms with Gasteiger partial charge in [-0.25, -0.2) is 0 Å². The van der Waals surface area contributed by atoms with Gasteiger partial charge in [-0.05, 0) is 49.9 Å². The molecule has 20 heavy (non-hydrogen) atoms. The van der Waals surface area contributed by atoms with Crippen LogP contribution < -0.4 is 5.32 Å². The summed E-state index contributed by atoms with van der Waals surface area (Å²) in [6.07, 6.45) is 0.949. The predicted octanol–water partition coefficient (Wildman–Crippen LogP) is 4.68. The summed E-state index contributed by atoms with van der Waals surface area (Å²) < 4.78 is 0. The Labute approximate surface area is 127 Å². The molecule has 1 nitrogen and oxygen atoms in total. The Kier molecular flexibility index (Phi) is 5.22. The second-order valence-corrected chi connectivity index (χ2v) is 5.91. The van der Waals surface area contributed by atoms with E-state index in [0.29, 0.717) is 6.04 Å². The highest BCUT2D eigenvalue weighted by Crippen LogP contribution is 2.17. The van der Waals surface area contributed by atoms with E-state index in [1.165, 1.54) is 22.3 Å². The van der Waals surface area contributed by atoms with Crippen LogP contribution in [-0.4, -0.2) is 6.04 Å². The fourth-order valence-corrected chi connectivity index (χ4v) is 2.55. The first-order valence-electron chi connectivity index (χ1n) is 7.09. The number of benzene rings is 2. The van der Waals surface area contributed by atoms with Crippen LogP contribution in [0, 0.1) is 13.8 Å². The predicted molar refractivity (Wildman–Crippen MR) is 87.4 cm³/mol. The third-order valence-corrected chi connectivity index (χ3v) is 4.00. The molecule has 0 saturated heterocycles. The van der Waals surface area contributed by atoms with Gasteiger partial charge in [-0.3, -0.25) is 0 Å². The molecule has 106 valence electrons. The van der Waals surface area contributed by atoms with Crippen molar-refractivity contribution in [3.8, 4) is 0 Å². The number of aryl methyl sites for hydroxylation is 2. The van der Waals surface area contributed by atoms with Crippen LogP contribution in [0.2, 0.25) is 5.02 Å². The maximum atomic E-state index is 6.20. The molecule has 0 bridgehead atoms. The summed E-state index contributed by atoms with van der Waals surface area (Å²) in [7, 11) is 0. The van der Waals surface area contributed by atoms with Crippen LogP contribution in [0.1, 0.15) is 29.2 Å². The molecule has 1 atom stereocenters. The van der Waals surface area contributed by atoms with E-state index in [1.807, 2.05) is 18.2 Å². The van der Waals surface area contributed by atoms with Crippen molar-refractivity contribution < 1.29 is 0 Å². The van der Waals surface area contributed by atoms with Crippen molar-refractivity contribution in [1.29, 1.82) is 0 Å². The maximum absolute atomic E-state index is 6.20. The summed E-state index contributed by atoms with van der Waals surface area (Å²) >= 11 is 6.20. The van der Waals surface area contributed by atoms with Crippen molar-refractivity contribution >= 4 is 11.6 Å². The second kappa shape index (κ2) is 6.92. The minimum Gasteiger partial charge on any atom is -0.310 e. The Balaban J connectivity index is 1.94. The smallest absolute Gasteiger partial charge is 0.0438 e. The molecule has 0 spiro atoms. The largest absolute Gasteiger partial charge is 0.310 e. The lowest BCUT2D eigenvalue weighted by Crippen LogP contribution is -2.28. The Hall–Kier alpha value is -1.31. The van der Waals surface area contributed by atoms with Crippen LogP contribution in [0.4, 0.5) is 0 Å². The molecule has 2 heteroatoms. The minimum atomic E-state index is 0.398. The van der Waals surface area contributed by atoms with Crippen molar-refractivity contribution in [2.75, 3.05) is 0 Å². The van der Waals surface area contributed by atoms with Crippen molar-refractivity contribution in [3.63, 3.8) is 0 Å². The number of nitrogens with one attached hydrogen (secondary N) is 1. The average molecular weight is 288 g/mol. The molecule has 0 amide bonds. The first-order valence-corrected chi connectivity index (χ1v) is 7.47. The first kappa shape index (κ1) is 15.1. The minimum absolute atomic E-state index is 0.398. The van der Waals surface area contributed by atoms with Gasteiger partial charge in [0.05, 0.1) is 0 Å².